The molecule has 2 rings (SSSR count). The van der Waals surface area contributed by atoms with Gasteiger partial charge in [-0.15, -0.1) is 0 Å². The van der Waals surface area contributed by atoms with Gasteiger partial charge in [0.25, 0.3) is 0 Å². The van der Waals surface area contributed by atoms with E-state index < -0.39 is 0 Å². The molecule has 0 aliphatic carbocycles. The Morgan fingerprint density at radius 2 is 2.12 bits per heavy atom. The van der Waals surface area contributed by atoms with Gasteiger partial charge in [0.05, 0.1) is 6.04 Å². The quantitative estimate of drug-likeness (QED) is 0.782. The van der Waals surface area contributed by atoms with E-state index in [-0.39, 0.29) is 11.8 Å². The van der Waals surface area contributed by atoms with Gasteiger partial charge in [0, 0.05) is 25.2 Å². The van der Waals surface area contributed by atoms with Crippen LogP contribution in [0.5, 0.6) is 0 Å². The average molecular weight is 232 g/mol. The molecule has 1 aliphatic heterocycles. The van der Waals surface area contributed by atoms with Crippen molar-refractivity contribution in [3.8, 4) is 0 Å². The van der Waals surface area contributed by atoms with E-state index in [0.29, 0.717) is 0 Å². The van der Waals surface area contributed by atoms with E-state index in [1.165, 1.54) is 11.1 Å². The lowest BCUT2D eigenvalue weighted by molar-refractivity contribution is 0.0894. The van der Waals surface area contributed by atoms with Gasteiger partial charge in [-0.2, -0.15) is 0 Å². The summed E-state index contributed by atoms with van der Waals surface area (Å²) in [5.41, 5.74) is 3.23. The van der Waals surface area contributed by atoms with Crippen LogP contribution < -0.4 is 5.32 Å². The van der Waals surface area contributed by atoms with E-state index in [4.69, 9.17) is 0 Å². The number of hydrogen-bond donors (Lipinski definition) is 1. The first-order valence-corrected chi connectivity index (χ1v) is 6.11. The summed E-state index contributed by atoms with van der Waals surface area (Å²) >= 11 is 0. The number of hydrogen-bond acceptors (Lipinski definition) is 3. The summed E-state index contributed by atoms with van der Waals surface area (Å²) in [6, 6.07) is 5.89. The highest BCUT2D eigenvalue weighted by Crippen LogP contribution is 2.13. The number of nitrogens with zero attached hydrogens (tertiary/aromatic N) is 1. The number of benzene rings is 1. The van der Waals surface area contributed by atoms with Crippen molar-refractivity contribution < 1.29 is 4.79 Å². The summed E-state index contributed by atoms with van der Waals surface area (Å²) in [5, 5.41) is 3.29. The van der Waals surface area contributed by atoms with Crippen molar-refractivity contribution in [2.45, 2.75) is 19.9 Å². The maximum atomic E-state index is 12.3. The van der Waals surface area contributed by atoms with E-state index in [2.05, 4.69) is 24.2 Å². The van der Waals surface area contributed by atoms with Crippen LogP contribution in [0.3, 0.4) is 0 Å². The van der Waals surface area contributed by atoms with Crippen molar-refractivity contribution in [1.82, 2.24) is 10.2 Å². The number of carbonyl (C=O) groups is 1. The molecule has 0 spiro atoms. The highest BCUT2D eigenvalue weighted by atomic mass is 16.1. The molecule has 0 bridgehead atoms. The predicted octanol–water partition coefficient (Wildman–Crippen LogP) is 1.39. The van der Waals surface area contributed by atoms with Gasteiger partial charge in [-0.05, 0) is 38.1 Å². The van der Waals surface area contributed by atoms with Gasteiger partial charge in [0.2, 0.25) is 0 Å². The summed E-state index contributed by atoms with van der Waals surface area (Å²) in [6.45, 7) is 6.81. The van der Waals surface area contributed by atoms with Crippen LogP contribution in [-0.2, 0) is 0 Å². The van der Waals surface area contributed by atoms with Gasteiger partial charge in [0.15, 0.2) is 5.78 Å². The molecule has 1 unspecified atom stereocenters. The maximum Gasteiger partial charge on any atom is 0.181 e. The summed E-state index contributed by atoms with van der Waals surface area (Å²) in [6.07, 6.45) is 0. The lowest BCUT2D eigenvalue weighted by Gasteiger charge is -2.30. The second-order valence-electron chi connectivity index (χ2n) is 4.93. The van der Waals surface area contributed by atoms with Crippen molar-refractivity contribution in [3.05, 3.63) is 34.9 Å². The van der Waals surface area contributed by atoms with E-state index >= 15 is 0 Å². The lowest BCUT2D eigenvalue weighted by atomic mass is 9.98. The summed E-state index contributed by atoms with van der Waals surface area (Å²) in [4.78, 5) is 14.5. The highest BCUT2D eigenvalue weighted by molar-refractivity contribution is 6.00. The Hall–Kier alpha value is -1.19. The van der Waals surface area contributed by atoms with E-state index in [9.17, 15) is 4.79 Å². The van der Waals surface area contributed by atoms with Crippen molar-refractivity contribution in [2.75, 3.05) is 26.7 Å². The molecular formula is C14H20N2O. The fourth-order valence-electron chi connectivity index (χ4n) is 2.17. The van der Waals surface area contributed by atoms with Gasteiger partial charge in [-0.3, -0.25) is 4.79 Å². The van der Waals surface area contributed by atoms with Crippen LogP contribution in [0.25, 0.3) is 0 Å². The van der Waals surface area contributed by atoms with Crippen LogP contribution in [0, 0.1) is 13.8 Å². The van der Waals surface area contributed by atoms with Crippen LogP contribution in [0.1, 0.15) is 21.5 Å². The molecule has 1 heterocycles. The van der Waals surface area contributed by atoms with Crippen LogP contribution in [0.4, 0.5) is 0 Å². The maximum absolute atomic E-state index is 12.3. The van der Waals surface area contributed by atoms with Gasteiger partial charge in [-0.1, -0.05) is 12.1 Å². The third-order valence-electron chi connectivity index (χ3n) is 3.49. The monoisotopic (exact) mass is 232 g/mol. The topological polar surface area (TPSA) is 32.3 Å². The molecule has 1 fully saturated rings. The molecule has 92 valence electrons. The van der Waals surface area contributed by atoms with Crippen LogP contribution in [-0.4, -0.2) is 43.4 Å². The Morgan fingerprint density at radius 1 is 1.35 bits per heavy atom. The molecule has 1 aromatic carbocycles. The zero-order valence-corrected chi connectivity index (χ0v) is 10.8. The van der Waals surface area contributed by atoms with Crippen molar-refractivity contribution in [1.29, 1.82) is 0 Å². The summed E-state index contributed by atoms with van der Waals surface area (Å²) in [7, 11) is 2.06. The minimum Gasteiger partial charge on any atom is -0.305 e. The van der Waals surface area contributed by atoms with Crippen molar-refractivity contribution >= 4 is 5.78 Å². The van der Waals surface area contributed by atoms with Crippen LogP contribution in [0.2, 0.25) is 0 Å². The number of aryl methyl sites for hydroxylation is 2. The first-order chi connectivity index (χ1) is 8.08. The molecule has 3 heteroatoms. The normalized spacial score (nSPS) is 21.5. The van der Waals surface area contributed by atoms with Gasteiger partial charge < -0.3 is 10.2 Å². The molecule has 3 nitrogen and oxygen atoms in total. The SMILES string of the molecule is Cc1ccc(C(=O)C2CN(C)CCN2)cc1C. The summed E-state index contributed by atoms with van der Waals surface area (Å²) < 4.78 is 0. The molecule has 17 heavy (non-hydrogen) atoms. The fraction of sp³-hybridized carbons (Fsp3) is 0.500. The number of Topliss-reactive ketones (excluding diaryl/α,β-unsaturated/α-hetero) is 1. The number of piperazine rings is 1. The molecule has 1 N–H and O–H groups in total. The molecule has 0 amide bonds. The largest absolute Gasteiger partial charge is 0.305 e. The Morgan fingerprint density at radius 3 is 2.76 bits per heavy atom. The smallest absolute Gasteiger partial charge is 0.181 e. The third kappa shape index (κ3) is 2.73. The molecule has 1 aliphatic rings. The zero-order chi connectivity index (χ0) is 12.4. The number of ketones is 1. The van der Waals surface area contributed by atoms with Crippen LogP contribution in [0.15, 0.2) is 18.2 Å². The Bertz CT molecular complexity index is 428. The molecule has 1 atom stereocenters. The number of likely N-dealkylation sites (N-methyl/N-ethyl adjacent to an activating group) is 1. The van der Waals surface area contributed by atoms with Gasteiger partial charge in [0.1, 0.15) is 0 Å². The van der Waals surface area contributed by atoms with E-state index in [1.807, 2.05) is 25.1 Å². The molecule has 0 saturated carbocycles. The third-order valence-corrected chi connectivity index (χ3v) is 3.49. The Balaban J connectivity index is 2.15. The first-order valence-electron chi connectivity index (χ1n) is 6.11. The lowest BCUT2D eigenvalue weighted by Crippen LogP contribution is -2.52. The molecular weight excluding hydrogens is 212 g/mol. The summed E-state index contributed by atoms with van der Waals surface area (Å²) in [5.74, 6) is 0.208. The standard InChI is InChI=1S/C14H20N2O/c1-10-4-5-12(8-11(10)2)14(17)13-9-16(3)7-6-15-13/h4-5,8,13,15H,6-7,9H2,1-3H3. The minimum atomic E-state index is -0.0594. The molecule has 0 aromatic heterocycles. The van der Waals surface area contributed by atoms with Gasteiger partial charge >= 0.3 is 0 Å². The fourth-order valence-corrected chi connectivity index (χ4v) is 2.17. The Kier molecular flexibility index (Phi) is 3.60. The molecule has 1 saturated heterocycles. The molecule has 1 aromatic rings. The second-order valence-corrected chi connectivity index (χ2v) is 4.93. The van der Waals surface area contributed by atoms with E-state index in [0.717, 1.165) is 25.2 Å². The number of rotatable bonds is 2. The highest BCUT2D eigenvalue weighted by Gasteiger charge is 2.24. The van der Waals surface area contributed by atoms with Crippen molar-refractivity contribution in [3.63, 3.8) is 0 Å². The molecule has 0 radical (unpaired) electrons. The predicted molar refractivity (Wildman–Crippen MR) is 69.5 cm³/mol. The first kappa shape index (κ1) is 12.3. The number of nitrogens with one attached hydrogen (secondary N) is 1. The van der Waals surface area contributed by atoms with Crippen molar-refractivity contribution in [2.24, 2.45) is 0 Å². The van der Waals surface area contributed by atoms with E-state index in [1.54, 1.807) is 0 Å². The average Bonchev–Trinajstić information content (AvgIpc) is 2.32. The van der Waals surface area contributed by atoms with Gasteiger partial charge in [-0.25, -0.2) is 0 Å². The number of carbonyl (C=O) groups excluding carboxylic acids is 1. The Labute approximate surface area is 103 Å². The zero-order valence-electron chi connectivity index (χ0n) is 10.8. The minimum absolute atomic E-state index is 0.0594. The second kappa shape index (κ2) is 4.98. The van der Waals surface area contributed by atoms with Crippen LogP contribution >= 0.6 is 0 Å².